The molecule has 1 aliphatic carbocycles. The van der Waals surface area contributed by atoms with Crippen LogP contribution in [0, 0.1) is 10.8 Å². The Morgan fingerprint density at radius 3 is 2.57 bits per heavy atom. The third kappa shape index (κ3) is 3.75. The molecule has 35 heavy (non-hydrogen) atoms. The number of fused-ring (bicyclic) bond motifs is 5. The number of carbonyl (C=O) groups is 1. The maximum Gasteiger partial charge on any atom is 0.267 e. The third-order valence-corrected chi connectivity index (χ3v) is 8.38. The van der Waals surface area contributed by atoms with Crippen molar-refractivity contribution in [2.75, 3.05) is 12.3 Å². The van der Waals surface area contributed by atoms with E-state index in [9.17, 15) is 9.59 Å². The number of benzene rings is 2. The molecule has 0 unspecified atom stereocenters. The Morgan fingerprint density at radius 1 is 1.03 bits per heavy atom. The standard InChI is InChI=1S/C27H29N5O2S/c1-26(2)13-19-14-27(3,16-26)17-30(19)22(33)15-35-25-29-28-24-31(18-9-5-4-6-10-18)23(34)20-11-7-8-12-21(20)32(24)25/h4-12,19H,13-17H2,1-3H3/t19-,27-/m1/s1. The molecular formula is C27H29N5O2S. The van der Waals surface area contributed by atoms with E-state index in [1.807, 2.05) is 59.0 Å². The van der Waals surface area contributed by atoms with Crippen molar-refractivity contribution in [3.8, 4) is 5.69 Å². The van der Waals surface area contributed by atoms with Gasteiger partial charge in [0.2, 0.25) is 11.7 Å². The van der Waals surface area contributed by atoms with E-state index in [0.717, 1.165) is 37.0 Å². The van der Waals surface area contributed by atoms with Gasteiger partial charge in [0.25, 0.3) is 5.56 Å². The lowest BCUT2D eigenvalue weighted by Crippen LogP contribution is -2.38. The second kappa shape index (κ2) is 7.95. The highest BCUT2D eigenvalue weighted by Crippen LogP contribution is 2.52. The van der Waals surface area contributed by atoms with E-state index in [2.05, 4.69) is 35.9 Å². The van der Waals surface area contributed by atoms with Crippen LogP contribution in [-0.2, 0) is 4.79 Å². The Morgan fingerprint density at radius 2 is 1.77 bits per heavy atom. The van der Waals surface area contributed by atoms with Crippen molar-refractivity contribution in [3.63, 3.8) is 0 Å². The van der Waals surface area contributed by atoms with Crippen molar-refractivity contribution in [3.05, 3.63) is 65.0 Å². The van der Waals surface area contributed by atoms with Gasteiger partial charge in [-0.2, -0.15) is 0 Å². The molecule has 0 N–H and O–H groups in total. The van der Waals surface area contributed by atoms with Crippen molar-refractivity contribution in [2.45, 2.75) is 51.2 Å². The van der Waals surface area contributed by atoms with Gasteiger partial charge < -0.3 is 4.90 Å². The average molecular weight is 488 g/mol. The first kappa shape index (κ1) is 22.3. The van der Waals surface area contributed by atoms with Crippen LogP contribution < -0.4 is 5.56 Å². The number of carbonyl (C=O) groups excluding carboxylic acids is 1. The molecule has 4 aromatic rings. The van der Waals surface area contributed by atoms with Crippen molar-refractivity contribution < 1.29 is 4.79 Å². The molecule has 2 aliphatic rings. The number of hydrogen-bond acceptors (Lipinski definition) is 5. The molecule has 1 amide bonds. The minimum Gasteiger partial charge on any atom is -0.338 e. The molecule has 0 spiro atoms. The summed E-state index contributed by atoms with van der Waals surface area (Å²) in [5, 5.41) is 10.0. The number of amides is 1. The van der Waals surface area contributed by atoms with Crippen molar-refractivity contribution in [1.82, 2.24) is 24.1 Å². The maximum atomic E-state index is 13.4. The first-order valence-electron chi connectivity index (χ1n) is 12.1. The van der Waals surface area contributed by atoms with E-state index in [1.165, 1.54) is 11.8 Å². The molecule has 180 valence electrons. The van der Waals surface area contributed by atoms with Gasteiger partial charge in [0.1, 0.15) is 0 Å². The molecule has 2 bridgehead atoms. The van der Waals surface area contributed by atoms with E-state index in [-0.39, 0.29) is 22.3 Å². The van der Waals surface area contributed by atoms with Gasteiger partial charge in [-0.1, -0.05) is 62.9 Å². The Balaban J connectivity index is 1.36. The summed E-state index contributed by atoms with van der Waals surface area (Å²) in [5.41, 5.74) is 1.80. The molecule has 3 heterocycles. The van der Waals surface area contributed by atoms with Crippen molar-refractivity contribution in [2.24, 2.45) is 10.8 Å². The highest BCUT2D eigenvalue weighted by atomic mass is 32.2. The highest BCUT2D eigenvalue weighted by Gasteiger charge is 2.50. The van der Waals surface area contributed by atoms with Crippen LogP contribution in [-0.4, -0.2) is 48.3 Å². The van der Waals surface area contributed by atoms with Gasteiger partial charge in [-0.05, 0) is 54.4 Å². The van der Waals surface area contributed by atoms with Crippen LogP contribution in [0.15, 0.2) is 64.5 Å². The summed E-state index contributed by atoms with van der Waals surface area (Å²) < 4.78 is 3.49. The third-order valence-electron chi connectivity index (χ3n) is 7.47. The fourth-order valence-corrected chi connectivity index (χ4v) is 7.37. The monoisotopic (exact) mass is 487 g/mol. The average Bonchev–Trinajstić information content (AvgIpc) is 3.35. The molecule has 8 heteroatoms. The number of aromatic nitrogens is 4. The fourth-order valence-electron chi connectivity index (χ4n) is 6.54. The first-order chi connectivity index (χ1) is 16.7. The predicted octanol–water partition coefficient (Wildman–Crippen LogP) is 4.55. The lowest BCUT2D eigenvalue weighted by atomic mass is 9.65. The van der Waals surface area contributed by atoms with Crippen LogP contribution in [0.4, 0.5) is 0 Å². The minimum atomic E-state index is -0.139. The molecule has 2 atom stereocenters. The maximum absolute atomic E-state index is 13.4. The summed E-state index contributed by atoms with van der Waals surface area (Å²) >= 11 is 1.39. The Bertz CT molecular complexity index is 1510. The van der Waals surface area contributed by atoms with Crippen LogP contribution in [0.3, 0.4) is 0 Å². The number of likely N-dealkylation sites (tertiary alicyclic amines) is 1. The van der Waals surface area contributed by atoms with E-state index < -0.39 is 0 Å². The number of nitrogens with zero attached hydrogens (tertiary/aromatic N) is 5. The lowest BCUT2D eigenvalue weighted by Gasteiger charge is -2.39. The largest absolute Gasteiger partial charge is 0.338 e. The van der Waals surface area contributed by atoms with E-state index in [4.69, 9.17) is 0 Å². The molecule has 2 fully saturated rings. The van der Waals surface area contributed by atoms with Gasteiger partial charge in [0, 0.05) is 12.6 Å². The van der Waals surface area contributed by atoms with Gasteiger partial charge in [-0.3, -0.25) is 14.0 Å². The van der Waals surface area contributed by atoms with Gasteiger partial charge >= 0.3 is 0 Å². The number of para-hydroxylation sites is 2. The van der Waals surface area contributed by atoms with Crippen LogP contribution in [0.1, 0.15) is 40.0 Å². The van der Waals surface area contributed by atoms with E-state index in [0.29, 0.717) is 28.1 Å². The number of thioether (sulfide) groups is 1. The Labute approximate surface area is 208 Å². The zero-order chi connectivity index (χ0) is 24.4. The zero-order valence-electron chi connectivity index (χ0n) is 20.3. The van der Waals surface area contributed by atoms with Crippen LogP contribution in [0.2, 0.25) is 0 Å². The van der Waals surface area contributed by atoms with Crippen molar-refractivity contribution in [1.29, 1.82) is 0 Å². The van der Waals surface area contributed by atoms with Gasteiger partial charge in [-0.25, -0.2) is 4.57 Å². The van der Waals surface area contributed by atoms with Crippen LogP contribution >= 0.6 is 11.8 Å². The zero-order valence-corrected chi connectivity index (χ0v) is 21.1. The summed E-state index contributed by atoms with van der Waals surface area (Å²) in [6.45, 7) is 7.79. The van der Waals surface area contributed by atoms with Gasteiger partial charge in [0.05, 0.1) is 22.3 Å². The fraction of sp³-hybridized carbons (Fsp3) is 0.407. The molecule has 6 rings (SSSR count). The molecule has 7 nitrogen and oxygen atoms in total. The van der Waals surface area contributed by atoms with E-state index >= 15 is 0 Å². The quantitative estimate of drug-likeness (QED) is 0.395. The summed E-state index contributed by atoms with van der Waals surface area (Å²) in [7, 11) is 0. The van der Waals surface area contributed by atoms with Gasteiger partial charge in [0.15, 0.2) is 5.16 Å². The summed E-state index contributed by atoms with van der Waals surface area (Å²) in [6.07, 6.45) is 3.31. The molecule has 0 radical (unpaired) electrons. The first-order valence-corrected chi connectivity index (χ1v) is 13.1. The minimum absolute atomic E-state index is 0.139. The second-order valence-electron chi connectivity index (χ2n) is 11.1. The number of hydrogen-bond donors (Lipinski definition) is 0. The predicted molar refractivity (Wildman–Crippen MR) is 138 cm³/mol. The molecule has 1 saturated carbocycles. The Kier molecular flexibility index (Phi) is 5.07. The van der Waals surface area contributed by atoms with Crippen LogP contribution in [0.25, 0.3) is 22.4 Å². The summed E-state index contributed by atoms with van der Waals surface area (Å²) in [5.74, 6) is 0.895. The highest BCUT2D eigenvalue weighted by molar-refractivity contribution is 7.99. The summed E-state index contributed by atoms with van der Waals surface area (Å²) in [6, 6.07) is 17.3. The van der Waals surface area contributed by atoms with E-state index in [1.54, 1.807) is 4.57 Å². The topological polar surface area (TPSA) is 72.5 Å². The molecular weight excluding hydrogens is 458 g/mol. The number of rotatable bonds is 4. The Hall–Kier alpha value is -3.13. The molecule has 1 saturated heterocycles. The normalized spacial score (nSPS) is 23.3. The molecule has 2 aromatic heterocycles. The van der Waals surface area contributed by atoms with Gasteiger partial charge in [-0.15, -0.1) is 10.2 Å². The van der Waals surface area contributed by atoms with Crippen LogP contribution in [0.5, 0.6) is 0 Å². The summed E-state index contributed by atoms with van der Waals surface area (Å²) in [4.78, 5) is 28.9. The second-order valence-corrected chi connectivity index (χ2v) is 12.1. The smallest absolute Gasteiger partial charge is 0.267 e. The lowest BCUT2D eigenvalue weighted by molar-refractivity contribution is -0.129. The molecule has 1 aliphatic heterocycles. The van der Waals surface area contributed by atoms with Crippen molar-refractivity contribution >= 4 is 34.3 Å². The SMILES string of the molecule is CC1(C)C[C@@H]2C[C@@](C)(CN2C(=O)CSc2nnc3n(-c4ccccc4)c(=O)c4ccccc4n23)C1. The molecule has 2 aromatic carbocycles.